The van der Waals surface area contributed by atoms with E-state index in [1.54, 1.807) is 6.92 Å². The van der Waals surface area contributed by atoms with Crippen LogP contribution in [-0.2, 0) is 9.53 Å². The van der Waals surface area contributed by atoms with E-state index >= 15 is 0 Å². The van der Waals surface area contributed by atoms with Crippen molar-refractivity contribution in [1.29, 1.82) is 0 Å². The number of ether oxygens (including phenoxy) is 1. The molecule has 0 saturated heterocycles. The topological polar surface area (TPSA) is 152 Å². The molecule has 11 nitrogen and oxygen atoms in total. The summed E-state index contributed by atoms with van der Waals surface area (Å²) in [6.45, 7) is 1.61. The number of esters is 1. The molecule has 1 aliphatic heterocycles. The summed E-state index contributed by atoms with van der Waals surface area (Å²) in [5.41, 5.74) is 2.01. The number of nitro benzene ring substituents is 1. The van der Waals surface area contributed by atoms with Crippen LogP contribution in [0.1, 0.15) is 17.3 Å². The Kier molecular flexibility index (Phi) is 5.99. The lowest BCUT2D eigenvalue weighted by Crippen LogP contribution is -2.39. The highest BCUT2D eigenvalue weighted by atomic mass is 16.6. The second-order valence-electron chi connectivity index (χ2n) is 5.14. The van der Waals surface area contributed by atoms with E-state index < -0.39 is 28.5 Å². The summed E-state index contributed by atoms with van der Waals surface area (Å²) in [5.74, 6) is -1.74. The number of hydrogen-bond donors (Lipinski definition) is 3. The minimum absolute atomic E-state index is 0.224. The Morgan fingerprint density at radius 3 is 2.70 bits per heavy atom. The van der Waals surface area contributed by atoms with Crippen LogP contribution in [0.5, 0.6) is 0 Å². The maximum absolute atomic E-state index is 12.4. The third-order valence-electron chi connectivity index (χ3n) is 3.38. The minimum atomic E-state index is -0.881. The van der Waals surface area contributed by atoms with Gasteiger partial charge in [-0.25, -0.2) is 15.0 Å². The molecule has 11 heteroatoms. The number of benzene rings is 1. The van der Waals surface area contributed by atoms with Crippen molar-refractivity contribution in [2.45, 2.75) is 6.92 Å². The molecule has 0 aliphatic carbocycles. The molecule has 0 fully saturated rings. The number of nitrogens with zero attached hydrogens (tertiary/aromatic N) is 2. The number of allylic oxidation sites excluding steroid dienone is 3. The Labute approximate surface area is 152 Å². The number of carbonyl (C=O) groups is 3. The van der Waals surface area contributed by atoms with Gasteiger partial charge in [0.25, 0.3) is 11.6 Å². The first-order valence-corrected chi connectivity index (χ1v) is 7.50. The van der Waals surface area contributed by atoms with Crippen molar-refractivity contribution < 1.29 is 24.0 Å². The number of nitrogens with one attached hydrogen (secondary N) is 3. The Balaban J connectivity index is 2.33. The van der Waals surface area contributed by atoms with Crippen LogP contribution < -0.4 is 16.1 Å². The summed E-state index contributed by atoms with van der Waals surface area (Å²) >= 11 is 0. The van der Waals surface area contributed by atoms with E-state index in [-0.39, 0.29) is 11.3 Å². The maximum Gasteiger partial charge on any atom is 0.354 e. The Bertz CT molecular complexity index is 902. The fourth-order valence-electron chi connectivity index (χ4n) is 2.05. The molecule has 1 aromatic rings. The SMILES string of the molecule is COC(=O)/C(=C/C=C1\NC(=O)NN=C1C)NC(=O)c1ccccc1[N+](=O)[O-]. The zero-order chi connectivity index (χ0) is 20.0. The monoisotopic (exact) mass is 373 g/mol. The highest BCUT2D eigenvalue weighted by Gasteiger charge is 2.22. The number of urea groups is 1. The van der Waals surface area contributed by atoms with Crippen LogP contribution in [0.3, 0.4) is 0 Å². The first-order valence-electron chi connectivity index (χ1n) is 7.50. The normalized spacial score (nSPS) is 15.3. The van der Waals surface area contributed by atoms with Crippen LogP contribution in [0.15, 0.2) is 52.9 Å². The molecule has 140 valence electrons. The van der Waals surface area contributed by atoms with E-state index in [2.05, 4.69) is 25.9 Å². The smallest absolute Gasteiger partial charge is 0.354 e. The molecule has 3 N–H and O–H groups in total. The van der Waals surface area contributed by atoms with Gasteiger partial charge in [0.2, 0.25) is 0 Å². The van der Waals surface area contributed by atoms with E-state index in [0.717, 1.165) is 7.11 Å². The third kappa shape index (κ3) is 4.75. The van der Waals surface area contributed by atoms with Gasteiger partial charge < -0.3 is 15.4 Å². The molecule has 0 atom stereocenters. The molecule has 3 amide bonds. The fourth-order valence-corrected chi connectivity index (χ4v) is 2.05. The predicted molar refractivity (Wildman–Crippen MR) is 93.5 cm³/mol. The summed E-state index contributed by atoms with van der Waals surface area (Å²) in [6.07, 6.45) is 2.53. The first kappa shape index (κ1) is 19.3. The van der Waals surface area contributed by atoms with Gasteiger partial charge in [-0.3, -0.25) is 14.9 Å². The highest BCUT2D eigenvalue weighted by Crippen LogP contribution is 2.17. The molecular formula is C16H15N5O6. The number of nitro groups is 1. The molecule has 1 heterocycles. The van der Waals surface area contributed by atoms with Gasteiger partial charge in [-0.1, -0.05) is 12.1 Å². The standard InChI is InChI=1S/C16H15N5O6/c1-9-11(18-16(24)20-19-9)7-8-12(15(23)27-2)17-14(22)10-5-3-4-6-13(10)21(25)26/h3-8H,1-2H3,(H,17,22)(H2,18,20,24)/b11-7-,12-8-. The average Bonchev–Trinajstić information content (AvgIpc) is 2.66. The van der Waals surface area contributed by atoms with Crippen LogP contribution in [0.2, 0.25) is 0 Å². The Morgan fingerprint density at radius 2 is 2.04 bits per heavy atom. The molecular weight excluding hydrogens is 358 g/mol. The molecule has 1 aliphatic rings. The second kappa shape index (κ2) is 8.38. The number of carbonyl (C=O) groups excluding carboxylic acids is 3. The summed E-state index contributed by atoms with van der Waals surface area (Å²) < 4.78 is 4.60. The van der Waals surface area contributed by atoms with Crippen LogP contribution in [-0.4, -0.2) is 35.7 Å². The van der Waals surface area contributed by atoms with Crippen molar-refractivity contribution in [3.8, 4) is 0 Å². The lowest BCUT2D eigenvalue weighted by atomic mass is 10.1. The predicted octanol–water partition coefficient (Wildman–Crippen LogP) is 0.954. The van der Waals surface area contributed by atoms with Crippen LogP contribution in [0, 0.1) is 10.1 Å². The van der Waals surface area contributed by atoms with Crippen molar-refractivity contribution in [3.05, 3.63) is 63.5 Å². The maximum atomic E-state index is 12.4. The van der Waals surface area contributed by atoms with E-state index in [1.165, 1.54) is 36.4 Å². The first-order chi connectivity index (χ1) is 12.8. The van der Waals surface area contributed by atoms with Crippen molar-refractivity contribution in [2.75, 3.05) is 7.11 Å². The van der Waals surface area contributed by atoms with E-state index in [0.29, 0.717) is 11.4 Å². The lowest BCUT2D eigenvalue weighted by Gasteiger charge is -2.14. The number of para-hydroxylation sites is 1. The van der Waals surface area contributed by atoms with Gasteiger partial charge in [0.15, 0.2) is 0 Å². The zero-order valence-electron chi connectivity index (χ0n) is 14.3. The third-order valence-corrected chi connectivity index (χ3v) is 3.38. The van der Waals surface area contributed by atoms with Crippen molar-refractivity contribution in [1.82, 2.24) is 16.1 Å². The number of hydrazone groups is 1. The molecule has 0 unspecified atom stereocenters. The number of rotatable bonds is 5. The molecule has 0 saturated carbocycles. The van der Waals surface area contributed by atoms with Crippen LogP contribution >= 0.6 is 0 Å². The van der Waals surface area contributed by atoms with Crippen molar-refractivity contribution in [2.24, 2.45) is 5.10 Å². The van der Waals surface area contributed by atoms with Crippen LogP contribution in [0.4, 0.5) is 10.5 Å². The van der Waals surface area contributed by atoms with Gasteiger partial charge in [-0.2, -0.15) is 5.10 Å². The average molecular weight is 373 g/mol. The highest BCUT2D eigenvalue weighted by molar-refractivity contribution is 6.05. The van der Waals surface area contributed by atoms with Crippen molar-refractivity contribution >= 4 is 29.3 Å². The van der Waals surface area contributed by atoms with Crippen molar-refractivity contribution in [3.63, 3.8) is 0 Å². The zero-order valence-corrected chi connectivity index (χ0v) is 14.3. The number of hydrogen-bond acceptors (Lipinski definition) is 7. The summed E-state index contributed by atoms with van der Waals surface area (Å²) in [7, 11) is 1.11. The molecule has 0 bridgehead atoms. The molecule has 0 aromatic heterocycles. The molecule has 2 rings (SSSR count). The minimum Gasteiger partial charge on any atom is -0.464 e. The van der Waals surface area contributed by atoms with Gasteiger partial charge in [-0.15, -0.1) is 0 Å². The van der Waals surface area contributed by atoms with Gasteiger partial charge in [0.05, 0.1) is 23.4 Å². The summed E-state index contributed by atoms with van der Waals surface area (Å²) in [6, 6.07) is 4.73. The van der Waals surface area contributed by atoms with E-state index in [4.69, 9.17) is 0 Å². The van der Waals surface area contributed by atoms with Gasteiger partial charge in [0.1, 0.15) is 11.3 Å². The summed E-state index contributed by atoms with van der Waals surface area (Å²) in [5, 5.41) is 19.5. The van der Waals surface area contributed by atoms with E-state index in [1.807, 2.05) is 0 Å². The Hall–Kier alpha value is -4.02. The molecule has 0 spiro atoms. The molecule has 1 aromatic carbocycles. The largest absolute Gasteiger partial charge is 0.464 e. The van der Waals surface area contributed by atoms with Gasteiger partial charge in [0, 0.05) is 6.07 Å². The van der Waals surface area contributed by atoms with Gasteiger partial charge in [-0.05, 0) is 25.1 Å². The second-order valence-corrected chi connectivity index (χ2v) is 5.14. The molecule has 27 heavy (non-hydrogen) atoms. The Morgan fingerprint density at radius 1 is 1.33 bits per heavy atom. The number of amides is 3. The number of methoxy groups -OCH3 is 1. The lowest BCUT2D eigenvalue weighted by molar-refractivity contribution is -0.385. The van der Waals surface area contributed by atoms with Crippen LogP contribution in [0.25, 0.3) is 0 Å². The molecule has 0 radical (unpaired) electrons. The van der Waals surface area contributed by atoms with E-state index in [9.17, 15) is 24.5 Å². The van der Waals surface area contributed by atoms with Gasteiger partial charge >= 0.3 is 12.0 Å². The quantitative estimate of drug-likeness (QED) is 0.302. The summed E-state index contributed by atoms with van der Waals surface area (Å²) in [4.78, 5) is 45.9. The fraction of sp³-hybridized carbons (Fsp3) is 0.125.